The van der Waals surface area contributed by atoms with Crippen molar-refractivity contribution in [2.45, 2.75) is 18.5 Å². The summed E-state index contributed by atoms with van der Waals surface area (Å²) in [7, 11) is 0. The Morgan fingerprint density at radius 1 is 0.509 bits per heavy atom. The summed E-state index contributed by atoms with van der Waals surface area (Å²) in [5.41, 5.74) is 5.02. The molecule has 2 amide bonds. The predicted molar refractivity (Wildman–Crippen MR) is 228 cm³/mol. The lowest BCUT2D eigenvalue weighted by Gasteiger charge is -2.39. The van der Waals surface area contributed by atoms with E-state index in [1.807, 2.05) is 24.3 Å². The van der Waals surface area contributed by atoms with Crippen molar-refractivity contribution in [3.8, 4) is 0 Å². The van der Waals surface area contributed by atoms with Crippen molar-refractivity contribution in [3.05, 3.63) is 141 Å². The van der Waals surface area contributed by atoms with Crippen LogP contribution in [-0.2, 0) is 19.1 Å². The van der Waals surface area contributed by atoms with Crippen LogP contribution in [0.5, 0.6) is 0 Å². The molecule has 4 aromatic rings. The maximum absolute atomic E-state index is 12.3. The van der Waals surface area contributed by atoms with Gasteiger partial charge in [-0.2, -0.15) is 0 Å². The summed E-state index contributed by atoms with van der Waals surface area (Å²) in [4.78, 5) is 34.4. The van der Waals surface area contributed by atoms with Crippen LogP contribution in [0.3, 0.4) is 0 Å². The number of hydrogen-bond donors (Lipinski definition) is 2. The van der Waals surface area contributed by atoms with Gasteiger partial charge in [0.2, 0.25) is 11.8 Å². The quantitative estimate of drug-likeness (QED) is 0.109. The van der Waals surface area contributed by atoms with Crippen molar-refractivity contribution in [1.82, 2.24) is 30.2 Å². The normalized spacial score (nSPS) is 16.9. The van der Waals surface area contributed by atoms with E-state index in [0.717, 1.165) is 75.5 Å². The molecule has 2 aliphatic rings. The smallest absolute Gasteiger partial charge is 0.245 e. The molecule has 6 rings (SSSR count). The molecule has 2 unspecified atom stereocenters. The molecule has 0 bridgehead atoms. The fraction of sp³-hybridized carbons (Fsp3) is 0.422. The van der Waals surface area contributed by atoms with Gasteiger partial charge in [0.15, 0.2) is 0 Å². The molecule has 57 heavy (non-hydrogen) atoms. The first-order chi connectivity index (χ1) is 27.9. The van der Waals surface area contributed by atoms with Gasteiger partial charge in [-0.3, -0.25) is 29.2 Å². The summed E-state index contributed by atoms with van der Waals surface area (Å²) in [6.07, 6.45) is 0.631. The van der Waals surface area contributed by atoms with E-state index in [2.05, 4.69) is 115 Å². The van der Waals surface area contributed by atoms with Crippen LogP contribution in [-0.4, -0.2) is 136 Å². The lowest BCUT2D eigenvalue weighted by molar-refractivity contribution is -0.126. The predicted octanol–water partition coefficient (Wildman–Crippen LogP) is 5.76. The third kappa shape index (κ3) is 13.6. The fourth-order valence-electron chi connectivity index (χ4n) is 7.64. The minimum Gasteiger partial charge on any atom is -0.370 e. The molecule has 12 heteroatoms. The van der Waals surface area contributed by atoms with Crippen molar-refractivity contribution in [2.75, 3.05) is 105 Å². The number of nitrogens with zero attached hydrogens (tertiary/aromatic N) is 4. The lowest BCUT2D eigenvalue weighted by Crippen LogP contribution is -2.48. The second-order valence-corrected chi connectivity index (χ2v) is 15.5. The second-order valence-electron chi connectivity index (χ2n) is 14.6. The average Bonchev–Trinajstić information content (AvgIpc) is 3.24. The fourth-order valence-corrected chi connectivity index (χ4v) is 7.89. The highest BCUT2D eigenvalue weighted by Gasteiger charge is 2.28. The molecule has 0 spiro atoms. The number of amides is 2. The number of nitrogens with one attached hydrogen (secondary N) is 2. The summed E-state index contributed by atoms with van der Waals surface area (Å²) in [6.45, 7) is 11.0. The van der Waals surface area contributed by atoms with Gasteiger partial charge in [0.25, 0.3) is 0 Å². The second kappa shape index (κ2) is 22.9. The minimum absolute atomic E-state index is 0.0256. The molecule has 10 nitrogen and oxygen atoms in total. The van der Waals surface area contributed by atoms with Crippen LogP contribution in [0.2, 0.25) is 10.0 Å². The summed E-state index contributed by atoms with van der Waals surface area (Å²) < 4.78 is 11.4. The third-order valence-electron chi connectivity index (χ3n) is 10.7. The minimum atomic E-state index is -0.149. The summed E-state index contributed by atoms with van der Waals surface area (Å²) in [5, 5.41) is 7.24. The van der Waals surface area contributed by atoms with Gasteiger partial charge < -0.3 is 20.1 Å². The van der Waals surface area contributed by atoms with Gasteiger partial charge in [-0.1, -0.05) is 108 Å². The summed E-state index contributed by atoms with van der Waals surface area (Å²) >= 11 is 12.4. The lowest BCUT2D eigenvalue weighted by atomic mass is 9.96. The standard InChI is InChI=1S/C45H56Cl2N6O4/c46-40-16-12-38(13-17-40)44(36-8-3-1-4-9-36)52-26-22-50(23-27-52)30-32-56-34-42(54)48-20-7-21-49-43(55)35-57-33-31-51-24-28-53(29-25-51)45(37-10-5-2-6-11-37)39-14-18-41(47)19-15-39/h1-6,8-19,44-45H,7,20-35H2,(H,48,54)(H,49,55). The van der Waals surface area contributed by atoms with Gasteiger partial charge in [-0.25, -0.2) is 0 Å². The molecule has 0 aliphatic carbocycles. The Morgan fingerprint density at radius 3 is 1.23 bits per heavy atom. The Kier molecular flexibility index (Phi) is 17.2. The van der Waals surface area contributed by atoms with Crippen molar-refractivity contribution >= 4 is 35.0 Å². The number of carbonyl (C=O) groups excluding carboxylic acids is 2. The number of rotatable bonds is 20. The van der Waals surface area contributed by atoms with Crippen LogP contribution in [0, 0.1) is 0 Å². The van der Waals surface area contributed by atoms with Gasteiger partial charge in [0.1, 0.15) is 13.2 Å². The van der Waals surface area contributed by atoms with E-state index in [-0.39, 0.29) is 37.1 Å². The van der Waals surface area contributed by atoms with E-state index < -0.39 is 0 Å². The van der Waals surface area contributed by atoms with Crippen LogP contribution in [0.1, 0.15) is 40.8 Å². The van der Waals surface area contributed by atoms with Gasteiger partial charge in [-0.15, -0.1) is 0 Å². The highest BCUT2D eigenvalue weighted by atomic mass is 35.5. The Labute approximate surface area is 348 Å². The molecule has 4 aromatic carbocycles. The molecular weight excluding hydrogens is 759 g/mol. The van der Waals surface area contributed by atoms with E-state index in [0.29, 0.717) is 32.7 Å². The topological polar surface area (TPSA) is 89.6 Å². The van der Waals surface area contributed by atoms with Crippen molar-refractivity contribution in [1.29, 1.82) is 0 Å². The molecule has 2 fully saturated rings. The first kappa shape index (κ1) is 42.8. The van der Waals surface area contributed by atoms with Crippen LogP contribution in [0.25, 0.3) is 0 Å². The first-order valence-corrected chi connectivity index (χ1v) is 20.9. The van der Waals surface area contributed by atoms with Gasteiger partial charge in [-0.05, 0) is 52.9 Å². The molecular formula is C45H56Cl2N6O4. The van der Waals surface area contributed by atoms with Crippen LogP contribution < -0.4 is 10.6 Å². The number of carbonyl (C=O) groups is 2. The molecule has 0 radical (unpaired) electrons. The number of ether oxygens (including phenoxy) is 2. The first-order valence-electron chi connectivity index (χ1n) is 20.2. The Morgan fingerprint density at radius 2 is 0.860 bits per heavy atom. The van der Waals surface area contributed by atoms with Crippen LogP contribution >= 0.6 is 23.2 Å². The van der Waals surface area contributed by atoms with Gasteiger partial charge in [0.05, 0.1) is 25.3 Å². The van der Waals surface area contributed by atoms with Gasteiger partial charge in [0, 0.05) is 88.6 Å². The average molecular weight is 816 g/mol. The van der Waals surface area contributed by atoms with Crippen molar-refractivity contribution in [3.63, 3.8) is 0 Å². The summed E-state index contributed by atoms with van der Waals surface area (Å²) in [6, 6.07) is 37.9. The zero-order valence-corrected chi connectivity index (χ0v) is 34.3. The Hall–Kier alpha value is -3.84. The largest absolute Gasteiger partial charge is 0.370 e. The molecule has 304 valence electrons. The molecule has 2 aliphatic heterocycles. The zero-order valence-electron chi connectivity index (χ0n) is 32.7. The maximum atomic E-state index is 12.3. The summed E-state index contributed by atoms with van der Waals surface area (Å²) in [5.74, 6) is -0.297. The molecule has 0 aromatic heterocycles. The van der Waals surface area contributed by atoms with Crippen molar-refractivity contribution in [2.24, 2.45) is 0 Å². The van der Waals surface area contributed by atoms with E-state index in [9.17, 15) is 9.59 Å². The van der Waals surface area contributed by atoms with E-state index in [1.165, 1.54) is 22.3 Å². The number of halogens is 2. The number of piperazine rings is 2. The molecule has 2 atom stereocenters. The highest BCUT2D eigenvalue weighted by Crippen LogP contribution is 2.32. The Balaban J connectivity index is 0.771. The van der Waals surface area contributed by atoms with Gasteiger partial charge >= 0.3 is 0 Å². The SMILES string of the molecule is O=C(COCCN1CCN(C(c2ccccc2)c2ccc(Cl)cc2)CC1)NCCCNC(=O)COCCN1CCN(C(c2ccccc2)c2ccc(Cl)cc2)CC1. The van der Waals surface area contributed by atoms with E-state index in [4.69, 9.17) is 32.7 Å². The monoisotopic (exact) mass is 814 g/mol. The third-order valence-corrected chi connectivity index (χ3v) is 11.2. The highest BCUT2D eigenvalue weighted by molar-refractivity contribution is 6.30. The van der Waals surface area contributed by atoms with Crippen molar-refractivity contribution < 1.29 is 19.1 Å². The number of hydrogen-bond acceptors (Lipinski definition) is 8. The molecule has 2 heterocycles. The van der Waals surface area contributed by atoms with E-state index >= 15 is 0 Å². The Bertz CT molecular complexity index is 1640. The molecule has 2 saturated heterocycles. The zero-order chi connectivity index (χ0) is 39.7. The van der Waals surface area contributed by atoms with Crippen LogP contribution in [0.4, 0.5) is 0 Å². The number of benzene rings is 4. The van der Waals surface area contributed by atoms with E-state index in [1.54, 1.807) is 0 Å². The van der Waals surface area contributed by atoms with Crippen LogP contribution in [0.15, 0.2) is 109 Å². The molecule has 2 N–H and O–H groups in total. The maximum Gasteiger partial charge on any atom is 0.245 e. The molecule has 0 saturated carbocycles.